The van der Waals surface area contributed by atoms with E-state index in [0.29, 0.717) is 12.1 Å². The summed E-state index contributed by atoms with van der Waals surface area (Å²) in [5, 5.41) is 43.7. The number of phenols is 1. The molecule has 1 rings (SSSR count). The molecule has 0 radical (unpaired) electrons. The van der Waals surface area contributed by atoms with Crippen LogP contribution in [-0.4, -0.2) is 44.6 Å². The zero-order valence-corrected chi connectivity index (χ0v) is 9.19. The fraction of sp³-hybridized carbons (Fsp3) is 0. The second-order valence-electron chi connectivity index (χ2n) is 2.92. The van der Waals surface area contributed by atoms with Gasteiger partial charge in [0, 0.05) is 6.07 Å². The summed E-state index contributed by atoms with van der Waals surface area (Å²) in [4.78, 5) is 21.4. The Labute approximate surface area is 114 Å². The van der Waals surface area contributed by atoms with Crippen LogP contribution in [0, 0.1) is 0 Å². The minimum Gasteiger partial charge on any atom is -1.00 e. The van der Waals surface area contributed by atoms with Crippen molar-refractivity contribution < 1.29 is 59.9 Å². The van der Waals surface area contributed by atoms with E-state index in [1.807, 2.05) is 0 Å². The van der Waals surface area contributed by atoms with E-state index in [4.69, 9.17) is 20.3 Å². The van der Waals surface area contributed by atoms with E-state index in [9.17, 15) is 14.7 Å². The molecule has 1 aromatic carbocycles. The molecular weight excluding hydrogens is 242 g/mol. The molecule has 0 unspecified atom stereocenters. The van der Waals surface area contributed by atoms with Gasteiger partial charge in [-0.2, -0.15) is 0 Å². The molecule has 0 saturated heterocycles. The molecular formula is C8H8BLiO8. The molecule has 0 aliphatic heterocycles. The Morgan fingerprint density at radius 1 is 1.11 bits per heavy atom. The third-order valence-electron chi connectivity index (χ3n) is 1.79. The zero-order valence-electron chi connectivity index (χ0n) is 10.2. The number of aromatic carboxylic acids is 2. The maximum absolute atomic E-state index is 10.8. The summed E-state index contributed by atoms with van der Waals surface area (Å²) in [6.45, 7) is 0. The monoisotopic (exact) mass is 250 g/mol. The number of carbonyl (C=O) groups is 2. The molecule has 0 aliphatic rings. The number of benzene rings is 1. The van der Waals surface area contributed by atoms with E-state index in [2.05, 4.69) is 4.65 Å². The summed E-state index contributed by atoms with van der Waals surface area (Å²) in [5.41, 5.74) is -1.25. The van der Waals surface area contributed by atoms with Gasteiger partial charge in [0.1, 0.15) is 22.6 Å². The number of carboxylic acids is 2. The summed E-state index contributed by atoms with van der Waals surface area (Å²) in [5.74, 6) is -4.38. The van der Waals surface area contributed by atoms with Crippen molar-refractivity contribution in [2.24, 2.45) is 0 Å². The molecule has 0 spiro atoms. The molecule has 0 saturated carbocycles. The van der Waals surface area contributed by atoms with Crippen LogP contribution in [0.5, 0.6) is 11.5 Å². The van der Waals surface area contributed by atoms with Crippen molar-refractivity contribution in [3.05, 3.63) is 23.3 Å². The van der Waals surface area contributed by atoms with Crippen LogP contribution in [-0.2, 0) is 0 Å². The first-order chi connectivity index (χ1) is 7.82. The normalized spacial score (nSPS) is 9.22. The topological polar surface area (TPSA) is 145 Å². The maximum Gasteiger partial charge on any atom is 1.00 e. The molecule has 0 bridgehead atoms. The van der Waals surface area contributed by atoms with Crippen LogP contribution >= 0.6 is 0 Å². The molecule has 0 aromatic heterocycles. The summed E-state index contributed by atoms with van der Waals surface area (Å²) in [6.07, 6.45) is 0. The van der Waals surface area contributed by atoms with Gasteiger partial charge in [-0.1, -0.05) is 0 Å². The quantitative estimate of drug-likeness (QED) is 0.343. The van der Waals surface area contributed by atoms with Gasteiger partial charge in [-0.05, 0) is 6.07 Å². The minimum atomic E-state index is -2.29. The molecule has 92 valence electrons. The maximum atomic E-state index is 10.8. The van der Waals surface area contributed by atoms with Crippen molar-refractivity contribution >= 4 is 19.3 Å². The number of hydrogen-bond donors (Lipinski definition) is 5. The molecule has 0 fully saturated rings. The summed E-state index contributed by atoms with van der Waals surface area (Å²) in [7, 11) is -2.29. The van der Waals surface area contributed by atoms with Crippen molar-refractivity contribution in [3.63, 3.8) is 0 Å². The van der Waals surface area contributed by atoms with Gasteiger partial charge < -0.3 is 31.4 Å². The van der Waals surface area contributed by atoms with Crippen LogP contribution in [0.15, 0.2) is 12.1 Å². The van der Waals surface area contributed by atoms with Crippen molar-refractivity contribution in [2.75, 3.05) is 0 Å². The summed E-state index contributed by atoms with van der Waals surface area (Å²) >= 11 is 0. The first-order valence-corrected chi connectivity index (χ1v) is 4.19. The predicted octanol–water partition coefficient (Wildman–Crippen LogP) is -3.75. The van der Waals surface area contributed by atoms with Crippen molar-refractivity contribution in [1.82, 2.24) is 0 Å². The molecule has 5 N–H and O–H groups in total. The molecule has 0 atom stereocenters. The fourth-order valence-electron chi connectivity index (χ4n) is 1.12. The van der Waals surface area contributed by atoms with Gasteiger partial charge >= 0.3 is 38.1 Å². The molecule has 8 nitrogen and oxygen atoms in total. The Morgan fingerprint density at radius 2 is 1.61 bits per heavy atom. The average Bonchev–Trinajstić information content (AvgIpc) is 2.15. The Hall–Kier alpha value is -1.66. The van der Waals surface area contributed by atoms with Gasteiger partial charge in [0.05, 0.1) is 0 Å². The molecule has 0 amide bonds. The van der Waals surface area contributed by atoms with Crippen LogP contribution in [0.3, 0.4) is 0 Å². The SMILES string of the molecule is O=C(O)c1cc(C(=O)O)c(OB(O)O)cc1O.[H-].[Li+]. The minimum absolute atomic E-state index is 0. The first kappa shape index (κ1) is 16.3. The number of rotatable bonds is 4. The fourth-order valence-corrected chi connectivity index (χ4v) is 1.12. The molecule has 10 heteroatoms. The number of hydrogen-bond acceptors (Lipinski definition) is 6. The average molecular weight is 250 g/mol. The third kappa shape index (κ3) is 3.68. The van der Waals surface area contributed by atoms with E-state index < -0.39 is 41.9 Å². The predicted molar refractivity (Wildman–Crippen MR) is 54.0 cm³/mol. The van der Waals surface area contributed by atoms with Gasteiger partial charge in [-0.15, -0.1) is 0 Å². The standard InChI is InChI=1S/C8H7BO8.Li.H/c10-5-2-6(17-9(15)16)4(8(13)14)1-3(5)7(11)12;;/h1-2,10,15-16H,(H,11,12)(H,13,14);;/q;+1;-1. The van der Waals surface area contributed by atoms with Crippen LogP contribution in [0.1, 0.15) is 22.1 Å². The van der Waals surface area contributed by atoms with Gasteiger partial charge in [-0.25, -0.2) is 9.59 Å². The van der Waals surface area contributed by atoms with Crippen LogP contribution in [0.4, 0.5) is 0 Å². The Morgan fingerprint density at radius 3 is 2.00 bits per heavy atom. The van der Waals surface area contributed by atoms with E-state index in [0.717, 1.165) is 0 Å². The largest absolute Gasteiger partial charge is 1.00 e. The molecule has 18 heavy (non-hydrogen) atoms. The van der Waals surface area contributed by atoms with Crippen molar-refractivity contribution in [1.29, 1.82) is 0 Å². The van der Waals surface area contributed by atoms with Gasteiger partial charge in [-0.3, -0.25) is 0 Å². The van der Waals surface area contributed by atoms with Gasteiger partial charge in [0.15, 0.2) is 0 Å². The second kappa shape index (κ2) is 6.32. The van der Waals surface area contributed by atoms with Gasteiger partial charge in [0.25, 0.3) is 0 Å². The van der Waals surface area contributed by atoms with Gasteiger partial charge in [0.2, 0.25) is 0 Å². The number of aromatic hydroxyl groups is 1. The Bertz CT molecular complexity index is 480. The first-order valence-electron chi connectivity index (χ1n) is 4.19. The van der Waals surface area contributed by atoms with Crippen molar-refractivity contribution in [3.8, 4) is 11.5 Å². The zero-order chi connectivity index (χ0) is 13.2. The van der Waals surface area contributed by atoms with E-state index >= 15 is 0 Å². The second-order valence-corrected chi connectivity index (χ2v) is 2.92. The Kier molecular flexibility index (Phi) is 5.74. The molecule has 0 heterocycles. The number of carboxylic acid groups (broad SMARTS) is 2. The Balaban J connectivity index is 0. The molecule has 1 aromatic rings. The van der Waals surface area contributed by atoms with E-state index in [1.165, 1.54) is 0 Å². The van der Waals surface area contributed by atoms with E-state index in [-0.39, 0.29) is 20.3 Å². The third-order valence-corrected chi connectivity index (χ3v) is 1.79. The van der Waals surface area contributed by atoms with E-state index in [1.54, 1.807) is 0 Å². The van der Waals surface area contributed by atoms with Crippen LogP contribution < -0.4 is 23.5 Å². The smallest absolute Gasteiger partial charge is 1.00 e. The summed E-state index contributed by atoms with van der Waals surface area (Å²) in [6, 6.07) is 1.32. The summed E-state index contributed by atoms with van der Waals surface area (Å²) < 4.78 is 4.30. The van der Waals surface area contributed by atoms with Crippen molar-refractivity contribution in [2.45, 2.75) is 0 Å². The molecule has 0 aliphatic carbocycles. The van der Waals surface area contributed by atoms with Crippen LogP contribution in [0.25, 0.3) is 0 Å². The van der Waals surface area contributed by atoms with Crippen LogP contribution in [0.2, 0.25) is 0 Å².